The van der Waals surface area contributed by atoms with Gasteiger partial charge in [-0.25, -0.2) is 4.79 Å². The van der Waals surface area contributed by atoms with Crippen LogP contribution in [0.15, 0.2) is 0 Å². The molecule has 0 spiro atoms. The molecule has 5 heteroatoms. The first kappa shape index (κ1) is 9.90. The fraction of sp³-hybridized carbons (Fsp3) is 0.667. The molecule has 5 N–H and O–H groups in total. The molecule has 0 rings (SSSR count). The summed E-state index contributed by atoms with van der Waals surface area (Å²) in [5.41, 5.74) is 10.1. The lowest BCUT2D eigenvalue weighted by Gasteiger charge is -2.12. The first-order valence-electron chi connectivity index (χ1n) is 3.31. The van der Waals surface area contributed by atoms with Gasteiger partial charge in [0.1, 0.15) is 0 Å². The summed E-state index contributed by atoms with van der Waals surface area (Å²) in [4.78, 5) is 21.1. The van der Waals surface area contributed by atoms with Crippen LogP contribution in [-0.2, 0) is 4.79 Å². The van der Waals surface area contributed by atoms with Crippen molar-refractivity contribution in [1.82, 2.24) is 5.32 Å². The Balaban J connectivity index is 3.93. The van der Waals surface area contributed by atoms with Gasteiger partial charge in [0.2, 0.25) is 5.91 Å². The molecule has 2 atom stereocenters. The van der Waals surface area contributed by atoms with Gasteiger partial charge in [-0.2, -0.15) is 0 Å². The molecule has 0 aromatic carbocycles. The van der Waals surface area contributed by atoms with Gasteiger partial charge in [0.25, 0.3) is 0 Å². The normalized spacial score (nSPS) is 15.2. The molecule has 0 heterocycles. The number of imide groups is 1. The number of hydrogen-bond acceptors (Lipinski definition) is 3. The van der Waals surface area contributed by atoms with E-state index in [9.17, 15) is 9.59 Å². The minimum absolute atomic E-state index is 0.283. The van der Waals surface area contributed by atoms with Crippen molar-refractivity contribution >= 4 is 11.9 Å². The van der Waals surface area contributed by atoms with Crippen molar-refractivity contribution in [2.75, 3.05) is 0 Å². The quantitative estimate of drug-likeness (QED) is 0.490. The van der Waals surface area contributed by atoms with Gasteiger partial charge in [0, 0.05) is 6.04 Å². The molecule has 11 heavy (non-hydrogen) atoms. The Hall–Kier alpha value is -1.10. The third-order valence-electron chi connectivity index (χ3n) is 1.45. The predicted octanol–water partition coefficient (Wildman–Crippen LogP) is -0.835. The highest BCUT2D eigenvalue weighted by atomic mass is 16.2. The van der Waals surface area contributed by atoms with Gasteiger partial charge in [-0.1, -0.05) is 6.92 Å². The third kappa shape index (κ3) is 3.57. The number of nitrogens with two attached hydrogens (primary N) is 2. The largest absolute Gasteiger partial charge is 0.351 e. The summed E-state index contributed by atoms with van der Waals surface area (Å²) < 4.78 is 0. The van der Waals surface area contributed by atoms with E-state index in [0.717, 1.165) is 0 Å². The molecule has 0 saturated carbocycles. The molecule has 0 bridgehead atoms. The highest BCUT2D eigenvalue weighted by Crippen LogP contribution is 1.98. The number of carbonyl (C=O) groups excluding carboxylic acids is 2. The first-order valence-corrected chi connectivity index (χ1v) is 3.31. The number of nitrogens with one attached hydrogen (secondary N) is 1. The highest BCUT2D eigenvalue weighted by Gasteiger charge is 2.17. The van der Waals surface area contributed by atoms with E-state index in [4.69, 9.17) is 11.5 Å². The number of rotatable bonds is 2. The third-order valence-corrected chi connectivity index (χ3v) is 1.45. The summed E-state index contributed by atoms with van der Waals surface area (Å²) in [5, 5.41) is 1.94. The zero-order valence-corrected chi connectivity index (χ0v) is 6.63. The van der Waals surface area contributed by atoms with E-state index < -0.39 is 17.9 Å². The molecule has 0 aromatic rings. The number of hydrogen-bond donors (Lipinski definition) is 3. The van der Waals surface area contributed by atoms with Gasteiger partial charge in [-0.05, 0) is 6.92 Å². The SMILES string of the molecule is CC(N)C(C)C(=O)NC(N)=O. The van der Waals surface area contributed by atoms with Gasteiger partial charge in [0.05, 0.1) is 5.92 Å². The summed E-state index contributed by atoms with van der Waals surface area (Å²) in [7, 11) is 0. The van der Waals surface area contributed by atoms with Gasteiger partial charge < -0.3 is 11.5 Å². The van der Waals surface area contributed by atoms with Crippen LogP contribution in [-0.4, -0.2) is 18.0 Å². The topological polar surface area (TPSA) is 98.2 Å². The summed E-state index contributed by atoms with van der Waals surface area (Å²) in [5.74, 6) is -0.838. The summed E-state index contributed by atoms with van der Waals surface area (Å²) in [6.45, 7) is 3.31. The lowest BCUT2D eigenvalue weighted by molar-refractivity contribution is -0.123. The maximum Gasteiger partial charge on any atom is 0.318 e. The molecule has 2 unspecified atom stereocenters. The van der Waals surface area contributed by atoms with Crippen LogP contribution in [0, 0.1) is 5.92 Å². The van der Waals surface area contributed by atoms with E-state index in [1.807, 2.05) is 5.32 Å². The predicted molar refractivity (Wildman–Crippen MR) is 40.5 cm³/mol. The van der Waals surface area contributed by atoms with Gasteiger partial charge in [0.15, 0.2) is 0 Å². The van der Waals surface area contributed by atoms with Crippen LogP contribution in [0.3, 0.4) is 0 Å². The Morgan fingerprint density at radius 3 is 2.09 bits per heavy atom. The van der Waals surface area contributed by atoms with Gasteiger partial charge in [-0.3, -0.25) is 10.1 Å². The van der Waals surface area contributed by atoms with Crippen molar-refractivity contribution in [2.45, 2.75) is 19.9 Å². The van der Waals surface area contributed by atoms with Crippen molar-refractivity contribution in [3.63, 3.8) is 0 Å². The first-order chi connectivity index (χ1) is 4.95. The van der Waals surface area contributed by atoms with Crippen LogP contribution in [0.2, 0.25) is 0 Å². The van der Waals surface area contributed by atoms with Crippen molar-refractivity contribution in [3.8, 4) is 0 Å². The van der Waals surface area contributed by atoms with E-state index >= 15 is 0 Å². The second-order valence-electron chi connectivity index (χ2n) is 2.50. The maximum atomic E-state index is 10.9. The Bertz CT molecular complexity index is 167. The molecular formula is C6H13N3O2. The van der Waals surface area contributed by atoms with Crippen LogP contribution in [0.4, 0.5) is 4.79 Å². The molecule has 5 nitrogen and oxygen atoms in total. The van der Waals surface area contributed by atoms with Crippen molar-refractivity contribution in [3.05, 3.63) is 0 Å². The summed E-state index contributed by atoms with van der Waals surface area (Å²) in [6, 6.07) is -1.13. The van der Waals surface area contributed by atoms with Crippen LogP contribution >= 0.6 is 0 Å². The standard InChI is InChI=1S/C6H13N3O2/c1-3(4(2)7)5(10)9-6(8)11/h3-4H,7H2,1-2H3,(H3,8,9,10,11). The fourth-order valence-corrected chi connectivity index (χ4v) is 0.474. The average molecular weight is 159 g/mol. The Morgan fingerprint density at radius 2 is 1.82 bits per heavy atom. The monoisotopic (exact) mass is 159 g/mol. The smallest absolute Gasteiger partial charge is 0.318 e. The van der Waals surface area contributed by atoms with Gasteiger partial charge in [-0.15, -0.1) is 0 Å². The molecule has 0 aromatic heterocycles. The van der Waals surface area contributed by atoms with E-state index in [0.29, 0.717) is 0 Å². The molecule has 0 saturated heterocycles. The second-order valence-corrected chi connectivity index (χ2v) is 2.50. The van der Waals surface area contributed by atoms with Crippen LogP contribution in [0.1, 0.15) is 13.8 Å². The number of amides is 3. The average Bonchev–Trinajstić information content (AvgIpc) is 1.84. The van der Waals surface area contributed by atoms with Gasteiger partial charge >= 0.3 is 6.03 Å². The number of carbonyl (C=O) groups is 2. The molecule has 0 radical (unpaired) electrons. The molecule has 0 fully saturated rings. The molecule has 0 aliphatic heterocycles. The Kier molecular flexibility index (Phi) is 3.53. The molecule has 64 valence electrons. The van der Waals surface area contributed by atoms with Crippen LogP contribution in [0.25, 0.3) is 0 Å². The zero-order valence-electron chi connectivity index (χ0n) is 6.63. The molecular weight excluding hydrogens is 146 g/mol. The van der Waals surface area contributed by atoms with E-state index in [2.05, 4.69) is 0 Å². The van der Waals surface area contributed by atoms with Crippen molar-refractivity contribution in [1.29, 1.82) is 0 Å². The number of urea groups is 1. The molecule has 0 aliphatic carbocycles. The van der Waals surface area contributed by atoms with E-state index in [1.54, 1.807) is 13.8 Å². The number of primary amides is 1. The molecule has 0 aliphatic rings. The van der Waals surface area contributed by atoms with E-state index in [-0.39, 0.29) is 6.04 Å². The lowest BCUT2D eigenvalue weighted by atomic mass is 10.0. The Labute approximate surface area is 65.1 Å². The fourth-order valence-electron chi connectivity index (χ4n) is 0.474. The maximum absolute atomic E-state index is 10.9. The lowest BCUT2D eigenvalue weighted by Crippen LogP contribution is -2.43. The Morgan fingerprint density at radius 1 is 1.36 bits per heavy atom. The second kappa shape index (κ2) is 3.92. The van der Waals surface area contributed by atoms with Crippen molar-refractivity contribution < 1.29 is 9.59 Å². The zero-order chi connectivity index (χ0) is 9.02. The van der Waals surface area contributed by atoms with Crippen molar-refractivity contribution in [2.24, 2.45) is 17.4 Å². The minimum Gasteiger partial charge on any atom is -0.351 e. The van der Waals surface area contributed by atoms with Crippen LogP contribution in [0.5, 0.6) is 0 Å². The minimum atomic E-state index is -0.845. The molecule has 3 amide bonds. The summed E-state index contributed by atoms with van der Waals surface area (Å²) >= 11 is 0. The van der Waals surface area contributed by atoms with Crippen LogP contribution < -0.4 is 16.8 Å². The van der Waals surface area contributed by atoms with E-state index in [1.165, 1.54) is 0 Å². The summed E-state index contributed by atoms with van der Waals surface area (Å²) in [6.07, 6.45) is 0. The highest BCUT2D eigenvalue weighted by molar-refractivity contribution is 5.94.